The molecule has 1 saturated heterocycles. The standard InChI is InChI=1S/C21H24N2O2/c1-13-10-23(11-14(2)25-13)12-19-15(3)22-20-17-7-5-4-6-16(17)8-9-18(20)21(19)24/h4-9,13-14H,10-12H2,1-3H3,(H,22,24)/p+1/t13-,14+. The molecule has 1 unspecified atom stereocenters. The number of aromatic nitrogens is 1. The van der Waals surface area contributed by atoms with Gasteiger partial charge in [0.25, 0.3) is 0 Å². The fourth-order valence-corrected chi connectivity index (χ4v) is 4.19. The summed E-state index contributed by atoms with van der Waals surface area (Å²) < 4.78 is 5.83. The number of aryl methyl sites for hydroxylation is 1. The predicted molar refractivity (Wildman–Crippen MR) is 101 cm³/mol. The second-order valence-corrected chi connectivity index (χ2v) is 7.36. The highest BCUT2D eigenvalue weighted by molar-refractivity contribution is 6.05. The van der Waals surface area contributed by atoms with E-state index in [1.54, 1.807) is 0 Å². The highest BCUT2D eigenvalue weighted by Gasteiger charge is 2.27. The Bertz CT molecular complexity index is 982. The van der Waals surface area contributed by atoms with Crippen LogP contribution in [-0.4, -0.2) is 30.3 Å². The van der Waals surface area contributed by atoms with Crippen molar-refractivity contribution in [2.24, 2.45) is 0 Å². The first-order valence-electron chi connectivity index (χ1n) is 9.05. The molecule has 0 spiro atoms. The number of aromatic amines is 1. The molecule has 3 aromatic rings. The van der Waals surface area contributed by atoms with Crippen molar-refractivity contribution in [2.45, 2.75) is 39.5 Å². The van der Waals surface area contributed by atoms with Crippen LogP contribution in [0.3, 0.4) is 0 Å². The third kappa shape index (κ3) is 2.96. The van der Waals surface area contributed by atoms with E-state index in [0.717, 1.165) is 52.6 Å². The van der Waals surface area contributed by atoms with E-state index in [-0.39, 0.29) is 17.6 Å². The van der Waals surface area contributed by atoms with Crippen molar-refractivity contribution in [3.8, 4) is 0 Å². The number of fused-ring (bicyclic) bond motifs is 3. The van der Waals surface area contributed by atoms with E-state index in [9.17, 15) is 4.79 Å². The van der Waals surface area contributed by atoms with E-state index in [2.05, 4.69) is 31.0 Å². The van der Waals surface area contributed by atoms with Gasteiger partial charge >= 0.3 is 0 Å². The van der Waals surface area contributed by atoms with Crippen molar-refractivity contribution in [3.05, 3.63) is 57.9 Å². The molecule has 1 aromatic heterocycles. The maximum absolute atomic E-state index is 13.2. The number of nitrogens with one attached hydrogen (secondary N) is 2. The summed E-state index contributed by atoms with van der Waals surface area (Å²) in [4.78, 5) is 18.1. The first-order chi connectivity index (χ1) is 12.0. The van der Waals surface area contributed by atoms with Crippen LogP contribution in [0.25, 0.3) is 21.7 Å². The molecule has 2 N–H and O–H groups in total. The number of quaternary nitrogens is 1. The fraction of sp³-hybridized carbons (Fsp3) is 0.381. The largest absolute Gasteiger partial charge is 0.364 e. The molecule has 25 heavy (non-hydrogen) atoms. The Kier molecular flexibility index (Phi) is 4.10. The molecule has 4 heteroatoms. The number of benzene rings is 2. The van der Waals surface area contributed by atoms with Gasteiger partial charge in [0.2, 0.25) is 0 Å². The summed E-state index contributed by atoms with van der Waals surface area (Å²) in [5, 5.41) is 3.04. The van der Waals surface area contributed by atoms with Crippen LogP contribution in [0.4, 0.5) is 0 Å². The highest BCUT2D eigenvalue weighted by atomic mass is 16.5. The third-order valence-corrected chi connectivity index (χ3v) is 5.26. The quantitative estimate of drug-likeness (QED) is 0.704. The SMILES string of the molecule is Cc1[nH]c2c(ccc3ccccc32)c(=O)c1C[NH+]1C[C@@H](C)O[C@@H](C)C1. The van der Waals surface area contributed by atoms with Gasteiger partial charge in [0.05, 0.1) is 11.1 Å². The van der Waals surface area contributed by atoms with Crippen molar-refractivity contribution >= 4 is 21.7 Å². The number of ether oxygens (including phenoxy) is 1. The van der Waals surface area contributed by atoms with Gasteiger partial charge in [-0.1, -0.05) is 30.3 Å². The van der Waals surface area contributed by atoms with Crippen molar-refractivity contribution < 1.29 is 9.64 Å². The molecule has 0 aliphatic carbocycles. The average molecular weight is 337 g/mol. The van der Waals surface area contributed by atoms with Crippen LogP contribution in [0.5, 0.6) is 0 Å². The van der Waals surface area contributed by atoms with E-state index in [0.29, 0.717) is 0 Å². The van der Waals surface area contributed by atoms with Crippen molar-refractivity contribution in [1.82, 2.24) is 4.98 Å². The zero-order valence-corrected chi connectivity index (χ0v) is 15.1. The molecule has 2 heterocycles. The van der Waals surface area contributed by atoms with Crippen LogP contribution in [0.15, 0.2) is 41.2 Å². The van der Waals surface area contributed by atoms with Crippen molar-refractivity contribution in [3.63, 3.8) is 0 Å². The second kappa shape index (κ2) is 6.28. The Morgan fingerprint density at radius 1 is 1.08 bits per heavy atom. The Hall–Kier alpha value is -2.17. The highest BCUT2D eigenvalue weighted by Crippen LogP contribution is 2.22. The lowest BCUT2D eigenvalue weighted by Crippen LogP contribution is -3.14. The lowest BCUT2D eigenvalue weighted by Gasteiger charge is -2.32. The molecule has 0 radical (unpaired) electrons. The van der Waals surface area contributed by atoms with Gasteiger partial charge in [0.1, 0.15) is 31.8 Å². The molecule has 1 aliphatic rings. The molecule has 4 rings (SSSR count). The topological polar surface area (TPSA) is 46.5 Å². The zero-order chi connectivity index (χ0) is 17.6. The minimum Gasteiger partial charge on any atom is -0.364 e. The number of pyridine rings is 1. The molecule has 130 valence electrons. The number of rotatable bonds is 2. The fourth-order valence-electron chi connectivity index (χ4n) is 4.19. The van der Waals surface area contributed by atoms with Gasteiger partial charge in [-0.3, -0.25) is 4.79 Å². The maximum Gasteiger partial charge on any atom is 0.198 e. The molecule has 4 nitrogen and oxygen atoms in total. The van der Waals surface area contributed by atoms with Crippen LogP contribution in [0, 0.1) is 6.92 Å². The Labute approximate surface area is 147 Å². The number of H-pyrrole nitrogens is 1. The average Bonchev–Trinajstić information content (AvgIpc) is 2.57. The summed E-state index contributed by atoms with van der Waals surface area (Å²) in [6, 6.07) is 12.2. The molecule has 1 aliphatic heterocycles. The Balaban J connectivity index is 1.80. The van der Waals surface area contributed by atoms with Gasteiger partial charge < -0.3 is 14.6 Å². The Morgan fingerprint density at radius 3 is 2.56 bits per heavy atom. The second-order valence-electron chi connectivity index (χ2n) is 7.36. The van der Waals surface area contributed by atoms with Gasteiger partial charge in [0.15, 0.2) is 5.43 Å². The molecule has 2 aromatic carbocycles. The van der Waals surface area contributed by atoms with Crippen LogP contribution in [0.2, 0.25) is 0 Å². The summed E-state index contributed by atoms with van der Waals surface area (Å²) in [5.41, 5.74) is 2.99. The van der Waals surface area contributed by atoms with Gasteiger partial charge in [-0.2, -0.15) is 0 Å². The summed E-state index contributed by atoms with van der Waals surface area (Å²) in [5.74, 6) is 0. The molecule has 1 fully saturated rings. The van der Waals surface area contributed by atoms with Crippen LogP contribution >= 0.6 is 0 Å². The number of hydrogen-bond donors (Lipinski definition) is 2. The van der Waals surface area contributed by atoms with E-state index < -0.39 is 0 Å². The van der Waals surface area contributed by atoms with Crippen LogP contribution < -0.4 is 10.3 Å². The lowest BCUT2D eigenvalue weighted by molar-refractivity contribution is -0.928. The summed E-state index contributed by atoms with van der Waals surface area (Å²) in [7, 11) is 0. The van der Waals surface area contributed by atoms with Gasteiger partial charge in [-0.15, -0.1) is 0 Å². The van der Waals surface area contributed by atoms with E-state index in [1.165, 1.54) is 4.90 Å². The molecular formula is C21H25N2O2+. The first-order valence-corrected chi connectivity index (χ1v) is 9.05. The maximum atomic E-state index is 13.2. The molecule has 0 saturated carbocycles. The van der Waals surface area contributed by atoms with Gasteiger partial charge in [-0.25, -0.2) is 0 Å². The van der Waals surface area contributed by atoms with Crippen molar-refractivity contribution in [1.29, 1.82) is 0 Å². The molecule has 0 bridgehead atoms. The minimum atomic E-state index is 0.163. The summed E-state index contributed by atoms with van der Waals surface area (Å²) in [6.45, 7) is 8.88. The van der Waals surface area contributed by atoms with Crippen molar-refractivity contribution in [2.75, 3.05) is 13.1 Å². The smallest absolute Gasteiger partial charge is 0.198 e. The Morgan fingerprint density at radius 2 is 1.80 bits per heavy atom. The third-order valence-electron chi connectivity index (χ3n) is 5.26. The lowest BCUT2D eigenvalue weighted by atomic mass is 10.0. The minimum absolute atomic E-state index is 0.163. The number of hydrogen-bond acceptors (Lipinski definition) is 2. The van der Waals surface area contributed by atoms with Crippen LogP contribution in [0.1, 0.15) is 25.1 Å². The molecule has 3 atom stereocenters. The zero-order valence-electron chi connectivity index (χ0n) is 15.1. The molecular weight excluding hydrogens is 312 g/mol. The first kappa shape index (κ1) is 16.3. The van der Waals surface area contributed by atoms with E-state index in [1.807, 2.05) is 31.2 Å². The molecule has 0 amide bonds. The summed E-state index contributed by atoms with van der Waals surface area (Å²) in [6.07, 6.45) is 0.477. The summed E-state index contributed by atoms with van der Waals surface area (Å²) >= 11 is 0. The van der Waals surface area contributed by atoms with Gasteiger partial charge in [-0.05, 0) is 32.2 Å². The van der Waals surface area contributed by atoms with E-state index >= 15 is 0 Å². The van der Waals surface area contributed by atoms with Crippen LogP contribution in [-0.2, 0) is 11.3 Å². The normalized spacial score (nSPS) is 24.0. The predicted octanol–water partition coefficient (Wildman–Crippen LogP) is 2.18. The van der Waals surface area contributed by atoms with E-state index in [4.69, 9.17) is 4.74 Å². The number of morpholine rings is 1. The van der Waals surface area contributed by atoms with Gasteiger partial charge in [0, 0.05) is 16.5 Å². The monoisotopic (exact) mass is 337 g/mol.